The SMILES string of the molecule is N#Cc1ccc(Cn2ccnc2CN2CCN(c3cccc(OC(F)(F)F)c3)C(=O)C2)cc1. The smallest absolute Gasteiger partial charge is 0.406 e. The van der Waals surface area contributed by atoms with Crippen molar-refractivity contribution in [1.82, 2.24) is 14.5 Å². The van der Waals surface area contributed by atoms with Gasteiger partial charge in [-0.15, -0.1) is 13.2 Å². The molecule has 33 heavy (non-hydrogen) atoms. The van der Waals surface area contributed by atoms with Gasteiger partial charge in [-0.2, -0.15) is 5.26 Å². The standard InChI is InChI=1S/C23H20F3N5O2/c24-23(25,26)33-20-3-1-2-19(12-20)31-11-10-29(16-22(31)32)15-21-28-8-9-30(21)14-18-6-4-17(13-27)5-7-18/h1-9,12H,10-11,14-16H2. The Morgan fingerprint density at radius 2 is 1.88 bits per heavy atom. The van der Waals surface area contributed by atoms with Crippen molar-refractivity contribution in [3.8, 4) is 11.8 Å². The number of nitrogens with zero attached hydrogens (tertiary/aromatic N) is 5. The van der Waals surface area contributed by atoms with Gasteiger partial charge in [-0.1, -0.05) is 18.2 Å². The Labute approximate surface area is 188 Å². The molecule has 0 bridgehead atoms. The first-order valence-electron chi connectivity index (χ1n) is 10.2. The summed E-state index contributed by atoms with van der Waals surface area (Å²) in [4.78, 5) is 20.6. The fraction of sp³-hybridized carbons (Fsp3) is 0.261. The van der Waals surface area contributed by atoms with Crippen molar-refractivity contribution in [2.24, 2.45) is 0 Å². The number of nitriles is 1. The molecule has 1 aromatic heterocycles. The van der Waals surface area contributed by atoms with Crippen LogP contribution in [-0.4, -0.2) is 46.4 Å². The van der Waals surface area contributed by atoms with E-state index in [1.807, 2.05) is 27.8 Å². The lowest BCUT2D eigenvalue weighted by Gasteiger charge is -2.34. The van der Waals surface area contributed by atoms with Gasteiger partial charge in [-0.25, -0.2) is 4.98 Å². The van der Waals surface area contributed by atoms with Crippen LogP contribution in [0.1, 0.15) is 17.0 Å². The number of anilines is 1. The monoisotopic (exact) mass is 455 g/mol. The minimum atomic E-state index is -4.79. The number of piperazine rings is 1. The van der Waals surface area contributed by atoms with Crippen LogP contribution in [0.25, 0.3) is 0 Å². The molecule has 7 nitrogen and oxygen atoms in total. The maximum atomic E-state index is 12.7. The van der Waals surface area contributed by atoms with Crippen LogP contribution in [0.2, 0.25) is 0 Å². The predicted octanol–water partition coefficient (Wildman–Crippen LogP) is 3.55. The van der Waals surface area contributed by atoms with Crippen LogP contribution in [-0.2, 0) is 17.9 Å². The van der Waals surface area contributed by atoms with Crippen molar-refractivity contribution in [2.75, 3.05) is 24.5 Å². The topological polar surface area (TPSA) is 74.4 Å². The molecule has 1 aliphatic rings. The van der Waals surface area contributed by atoms with E-state index in [9.17, 15) is 18.0 Å². The summed E-state index contributed by atoms with van der Waals surface area (Å²) in [5.41, 5.74) is 1.98. The molecule has 1 saturated heterocycles. The van der Waals surface area contributed by atoms with Gasteiger partial charge in [-0.3, -0.25) is 9.69 Å². The Bertz CT molecular complexity index is 1170. The molecule has 10 heteroatoms. The van der Waals surface area contributed by atoms with E-state index < -0.39 is 6.36 Å². The van der Waals surface area contributed by atoms with Crippen molar-refractivity contribution in [3.63, 3.8) is 0 Å². The Morgan fingerprint density at radius 3 is 2.58 bits per heavy atom. The number of imidazole rings is 1. The van der Waals surface area contributed by atoms with Gasteiger partial charge in [0, 0.05) is 43.8 Å². The van der Waals surface area contributed by atoms with Crippen LogP contribution >= 0.6 is 0 Å². The summed E-state index contributed by atoms with van der Waals surface area (Å²) in [7, 11) is 0. The van der Waals surface area contributed by atoms with Gasteiger partial charge in [0.05, 0.1) is 24.7 Å². The molecule has 0 aliphatic carbocycles. The summed E-state index contributed by atoms with van der Waals surface area (Å²) < 4.78 is 43.4. The number of amides is 1. The van der Waals surface area contributed by atoms with Crippen molar-refractivity contribution < 1.29 is 22.7 Å². The largest absolute Gasteiger partial charge is 0.573 e. The van der Waals surface area contributed by atoms with Crippen LogP contribution in [0, 0.1) is 11.3 Å². The van der Waals surface area contributed by atoms with Gasteiger partial charge in [0.1, 0.15) is 11.6 Å². The van der Waals surface area contributed by atoms with Crippen molar-refractivity contribution in [1.29, 1.82) is 5.26 Å². The summed E-state index contributed by atoms with van der Waals surface area (Å²) in [6.45, 7) is 2.04. The van der Waals surface area contributed by atoms with Crippen LogP contribution in [0.5, 0.6) is 5.75 Å². The van der Waals surface area contributed by atoms with Crippen molar-refractivity contribution >= 4 is 11.6 Å². The van der Waals surface area contributed by atoms with E-state index in [1.165, 1.54) is 23.1 Å². The van der Waals surface area contributed by atoms with E-state index in [0.29, 0.717) is 37.4 Å². The van der Waals surface area contributed by atoms with Gasteiger partial charge in [0.2, 0.25) is 5.91 Å². The van der Waals surface area contributed by atoms with Crippen LogP contribution < -0.4 is 9.64 Å². The minimum Gasteiger partial charge on any atom is -0.406 e. The molecule has 0 radical (unpaired) electrons. The number of carbonyl (C=O) groups excluding carboxylic acids is 1. The lowest BCUT2D eigenvalue weighted by atomic mass is 10.1. The second-order valence-corrected chi connectivity index (χ2v) is 7.58. The second kappa shape index (κ2) is 9.34. The van der Waals surface area contributed by atoms with E-state index in [1.54, 1.807) is 24.4 Å². The number of ether oxygens (including phenoxy) is 1. The molecule has 0 spiro atoms. The number of benzene rings is 2. The molecule has 170 valence electrons. The number of hydrogen-bond donors (Lipinski definition) is 0. The summed E-state index contributed by atoms with van der Waals surface area (Å²) in [5.74, 6) is 0.219. The first-order valence-corrected chi connectivity index (χ1v) is 10.2. The molecule has 0 atom stereocenters. The van der Waals surface area contributed by atoms with Gasteiger partial charge in [0.25, 0.3) is 0 Å². The predicted molar refractivity (Wildman–Crippen MR) is 113 cm³/mol. The van der Waals surface area contributed by atoms with E-state index in [0.717, 1.165) is 11.4 Å². The summed E-state index contributed by atoms with van der Waals surface area (Å²) in [6.07, 6.45) is -1.23. The lowest BCUT2D eigenvalue weighted by molar-refractivity contribution is -0.274. The van der Waals surface area contributed by atoms with Gasteiger partial charge >= 0.3 is 6.36 Å². The van der Waals surface area contributed by atoms with E-state index in [2.05, 4.69) is 15.8 Å². The van der Waals surface area contributed by atoms with Gasteiger partial charge in [-0.05, 0) is 29.8 Å². The zero-order valence-electron chi connectivity index (χ0n) is 17.5. The first kappa shape index (κ1) is 22.4. The van der Waals surface area contributed by atoms with Crippen molar-refractivity contribution in [3.05, 3.63) is 77.9 Å². The molecule has 0 unspecified atom stereocenters. The number of aromatic nitrogens is 2. The molecule has 1 amide bonds. The molecule has 1 fully saturated rings. The molecule has 0 N–H and O–H groups in total. The van der Waals surface area contributed by atoms with E-state index >= 15 is 0 Å². The molecule has 1 aliphatic heterocycles. The molecule has 0 saturated carbocycles. The average Bonchev–Trinajstić information content (AvgIpc) is 3.20. The zero-order chi connectivity index (χ0) is 23.4. The highest BCUT2D eigenvalue weighted by molar-refractivity contribution is 5.95. The fourth-order valence-corrected chi connectivity index (χ4v) is 3.70. The quantitative estimate of drug-likeness (QED) is 0.568. The Balaban J connectivity index is 1.38. The van der Waals surface area contributed by atoms with Crippen LogP contribution in [0.3, 0.4) is 0 Å². The Morgan fingerprint density at radius 1 is 1.09 bits per heavy atom. The first-order chi connectivity index (χ1) is 15.8. The van der Waals surface area contributed by atoms with E-state index in [4.69, 9.17) is 5.26 Å². The molecule has 4 rings (SSSR count). The van der Waals surface area contributed by atoms with Gasteiger partial charge < -0.3 is 14.2 Å². The maximum absolute atomic E-state index is 12.7. The maximum Gasteiger partial charge on any atom is 0.573 e. The Kier molecular flexibility index (Phi) is 6.33. The normalized spacial score (nSPS) is 14.8. The molecule has 2 heterocycles. The van der Waals surface area contributed by atoms with Crippen LogP contribution in [0.4, 0.5) is 18.9 Å². The van der Waals surface area contributed by atoms with Crippen molar-refractivity contribution in [2.45, 2.75) is 19.5 Å². The fourth-order valence-electron chi connectivity index (χ4n) is 3.70. The van der Waals surface area contributed by atoms with Gasteiger partial charge in [0.15, 0.2) is 0 Å². The highest BCUT2D eigenvalue weighted by Gasteiger charge is 2.32. The van der Waals surface area contributed by atoms with E-state index in [-0.39, 0.29) is 18.2 Å². The number of halogens is 3. The number of carbonyl (C=O) groups is 1. The average molecular weight is 455 g/mol. The number of hydrogen-bond acceptors (Lipinski definition) is 5. The summed E-state index contributed by atoms with van der Waals surface area (Å²) >= 11 is 0. The second-order valence-electron chi connectivity index (χ2n) is 7.58. The minimum absolute atomic E-state index is 0.119. The summed E-state index contributed by atoms with van der Waals surface area (Å²) in [6, 6.07) is 14.8. The molecular formula is C23H20F3N5O2. The number of alkyl halides is 3. The highest BCUT2D eigenvalue weighted by Crippen LogP contribution is 2.27. The molecule has 2 aromatic carbocycles. The summed E-state index contributed by atoms with van der Waals surface area (Å²) in [5, 5.41) is 8.93. The third-order valence-corrected chi connectivity index (χ3v) is 5.27. The van der Waals surface area contributed by atoms with Crippen LogP contribution in [0.15, 0.2) is 60.9 Å². The third-order valence-electron chi connectivity index (χ3n) is 5.27. The zero-order valence-corrected chi connectivity index (χ0v) is 17.5. The Hall–Kier alpha value is -3.84. The highest BCUT2D eigenvalue weighted by atomic mass is 19.4. The lowest BCUT2D eigenvalue weighted by Crippen LogP contribution is -2.50. The molecular weight excluding hydrogens is 435 g/mol. The number of rotatable bonds is 6. The third kappa shape index (κ3) is 5.70. The molecule has 3 aromatic rings.